The average Bonchev–Trinajstić information content (AvgIpc) is 3.29. The van der Waals surface area contributed by atoms with E-state index in [0.717, 1.165) is 22.1 Å². The van der Waals surface area contributed by atoms with Crippen LogP contribution in [0.25, 0.3) is 16.5 Å². The maximum Gasteiger partial charge on any atom is 0.290 e. The van der Waals surface area contributed by atoms with Gasteiger partial charge >= 0.3 is 0 Å². The van der Waals surface area contributed by atoms with Gasteiger partial charge in [-0.25, -0.2) is 0 Å². The Bertz CT molecular complexity index is 1250. The van der Waals surface area contributed by atoms with Crippen molar-refractivity contribution in [2.45, 2.75) is 6.92 Å². The zero-order valence-corrected chi connectivity index (χ0v) is 18.5. The van der Waals surface area contributed by atoms with Crippen LogP contribution in [-0.2, 0) is 0 Å². The van der Waals surface area contributed by atoms with E-state index in [0.29, 0.717) is 40.3 Å². The van der Waals surface area contributed by atoms with Crippen molar-refractivity contribution in [2.24, 2.45) is 0 Å². The van der Waals surface area contributed by atoms with Crippen LogP contribution in [0.2, 0.25) is 0 Å². The summed E-state index contributed by atoms with van der Waals surface area (Å²) in [5.74, 6) is 3.39. The van der Waals surface area contributed by atoms with Gasteiger partial charge in [0.1, 0.15) is 28.7 Å². The number of fused-ring (bicyclic) bond motifs is 1. The molecule has 0 radical (unpaired) electrons. The highest BCUT2D eigenvalue weighted by atomic mass is 16.6. The molecule has 1 heterocycles. The Hall–Kier alpha value is -4.06. The Labute approximate surface area is 187 Å². The lowest BCUT2D eigenvalue weighted by atomic mass is 10.1. The quantitative estimate of drug-likeness (QED) is 0.337. The summed E-state index contributed by atoms with van der Waals surface area (Å²) in [4.78, 5) is 0. The predicted octanol–water partition coefficient (Wildman–Crippen LogP) is 6.64. The van der Waals surface area contributed by atoms with Crippen molar-refractivity contribution in [2.75, 3.05) is 26.6 Å². The summed E-state index contributed by atoms with van der Waals surface area (Å²) in [6.45, 7) is 6.11. The third-order valence-corrected chi connectivity index (χ3v) is 5.15. The van der Waals surface area contributed by atoms with Gasteiger partial charge in [-0.2, -0.15) is 0 Å². The molecule has 0 saturated heterocycles. The number of hydrogen-bond acceptors (Lipinski definition) is 6. The van der Waals surface area contributed by atoms with Crippen LogP contribution >= 0.6 is 0 Å². The van der Waals surface area contributed by atoms with Gasteiger partial charge in [0.2, 0.25) is 0 Å². The minimum Gasteiger partial charge on any atom is -0.496 e. The highest BCUT2D eigenvalue weighted by Gasteiger charge is 2.17. The van der Waals surface area contributed by atoms with E-state index in [4.69, 9.17) is 23.4 Å². The molecular weight excluding hydrogens is 406 g/mol. The first-order valence-electron chi connectivity index (χ1n) is 10.1. The van der Waals surface area contributed by atoms with Gasteiger partial charge in [-0.1, -0.05) is 43.0 Å². The summed E-state index contributed by atoms with van der Waals surface area (Å²) in [5, 5.41) is 5.34. The number of furan rings is 1. The molecule has 3 aromatic carbocycles. The largest absolute Gasteiger partial charge is 0.496 e. The molecule has 0 atom stereocenters. The number of methoxy groups -OCH3 is 3. The molecule has 4 rings (SSSR count). The van der Waals surface area contributed by atoms with Gasteiger partial charge in [-0.3, -0.25) is 0 Å². The SMILES string of the molecule is C=C(Nc1c(OC)cc(OC)cc1OC)c1ccc(Oc2c(C)ccc3ccccc23)o1. The number of anilines is 1. The van der Waals surface area contributed by atoms with Crippen molar-refractivity contribution in [1.29, 1.82) is 0 Å². The lowest BCUT2D eigenvalue weighted by Gasteiger charge is -2.17. The summed E-state index contributed by atoms with van der Waals surface area (Å²) >= 11 is 0. The van der Waals surface area contributed by atoms with Gasteiger partial charge in [0.15, 0.2) is 5.76 Å². The van der Waals surface area contributed by atoms with E-state index >= 15 is 0 Å². The van der Waals surface area contributed by atoms with E-state index in [2.05, 4.69) is 24.0 Å². The first-order chi connectivity index (χ1) is 15.5. The monoisotopic (exact) mass is 431 g/mol. The highest BCUT2D eigenvalue weighted by Crippen LogP contribution is 2.41. The molecular formula is C26H25NO5. The maximum atomic E-state index is 6.12. The van der Waals surface area contributed by atoms with Crippen molar-refractivity contribution in [3.05, 3.63) is 78.6 Å². The Morgan fingerprint density at radius 1 is 0.875 bits per heavy atom. The molecule has 164 valence electrons. The number of nitrogens with one attached hydrogen (secondary N) is 1. The summed E-state index contributed by atoms with van der Waals surface area (Å²) in [6.07, 6.45) is 0. The molecule has 0 unspecified atom stereocenters. The van der Waals surface area contributed by atoms with Crippen molar-refractivity contribution in [3.63, 3.8) is 0 Å². The first-order valence-corrected chi connectivity index (χ1v) is 10.1. The van der Waals surface area contributed by atoms with E-state index in [1.807, 2.05) is 31.2 Å². The normalized spacial score (nSPS) is 10.6. The predicted molar refractivity (Wildman–Crippen MR) is 126 cm³/mol. The van der Waals surface area contributed by atoms with Crippen molar-refractivity contribution in [3.8, 4) is 28.9 Å². The number of hydrogen-bond donors (Lipinski definition) is 1. The van der Waals surface area contributed by atoms with Crippen LogP contribution < -0.4 is 24.3 Å². The van der Waals surface area contributed by atoms with Crippen LogP contribution in [0.4, 0.5) is 5.69 Å². The molecule has 1 aromatic heterocycles. The summed E-state index contributed by atoms with van der Waals surface area (Å²) in [6, 6.07) is 19.3. The zero-order valence-electron chi connectivity index (χ0n) is 18.5. The molecule has 0 amide bonds. The van der Waals surface area contributed by atoms with Crippen LogP contribution in [-0.4, -0.2) is 21.3 Å². The maximum absolute atomic E-state index is 6.12. The molecule has 0 saturated carbocycles. The Balaban J connectivity index is 1.59. The standard InChI is InChI=1S/C26H25NO5/c1-16-10-11-18-8-6-7-9-20(18)26(16)32-24-13-12-21(31-24)17(2)27-25-22(29-4)14-19(28-3)15-23(25)30-5/h6-15,27H,2H2,1,3-5H3. The molecule has 32 heavy (non-hydrogen) atoms. The molecule has 0 bridgehead atoms. The summed E-state index contributed by atoms with van der Waals surface area (Å²) < 4.78 is 28.3. The minimum absolute atomic E-state index is 0.371. The van der Waals surface area contributed by atoms with Gasteiger partial charge in [-0.05, 0) is 23.9 Å². The Morgan fingerprint density at radius 2 is 1.59 bits per heavy atom. The van der Waals surface area contributed by atoms with Gasteiger partial charge in [0, 0.05) is 23.6 Å². The average molecular weight is 431 g/mol. The van der Waals surface area contributed by atoms with Gasteiger partial charge < -0.3 is 28.7 Å². The van der Waals surface area contributed by atoms with E-state index in [1.165, 1.54) is 0 Å². The van der Waals surface area contributed by atoms with Crippen LogP contribution in [0.3, 0.4) is 0 Å². The summed E-state index contributed by atoms with van der Waals surface area (Å²) in [5.41, 5.74) is 2.16. The fourth-order valence-corrected chi connectivity index (χ4v) is 3.47. The van der Waals surface area contributed by atoms with Gasteiger partial charge in [0.05, 0.1) is 27.0 Å². The smallest absolute Gasteiger partial charge is 0.290 e. The molecule has 6 nitrogen and oxygen atoms in total. The molecule has 0 aliphatic heterocycles. The van der Waals surface area contributed by atoms with Crippen LogP contribution in [0.1, 0.15) is 11.3 Å². The molecule has 6 heteroatoms. The van der Waals surface area contributed by atoms with Gasteiger partial charge in [-0.15, -0.1) is 0 Å². The van der Waals surface area contributed by atoms with E-state index in [-0.39, 0.29) is 0 Å². The highest BCUT2D eigenvalue weighted by molar-refractivity contribution is 5.89. The molecule has 0 aliphatic rings. The molecule has 1 N–H and O–H groups in total. The van der Waals surface area contributed by atoms with E-state index < -0.39 is 0 Å². The lowest BCUT2D eigenvalue weighted by Crippen LogP contribution is -2.02. The van der Waals surface area contributed by atoms with E-state index in [9.17, 15) is 0 Å². The Kier molecular flexibility index (Phi) is 5.94. The number of rotatable bonds is 8. The molecule has 0 fully saturated rings. The third-order valence-electron chi connectivity index (χ3n) is 5.15. The number of ether oxygens (including phenoxy) is 4. The minimum atomic E-state index is 0.371. The number of aryl methyl sites for hydroxylation is 1. The van der Waals surface area contributed by atoms with Crippen LogP contribution in [0.5, 0.6) is 28.9 Å². The van der Waals surface area contributed by atoms with E-state index in [1.54, 1.807) is 45.6 Å². The second-order valence-electron chi connectivity index (χ2n) is 7.16. The fraction of sp³-hybridized carbons (Fsp3) is 0.154. The second kappa shape index (κ2) is 8.98. The van der Waals surface area contributed by atoms with Gasteiger partial charge in [0.25, 0.3) is 5.95 Å². The van der Waals surface area contributed by atoms with Crippen molar-refractivity contribution < 1.29 is 23.4 Å². The molecule has 0 aliphatic carbocycles. The molecule has 0 spiro atoms. The van der Waals surface area contributed by atoms with Crippen molar-refractivity contribution in [1.82, 2.24) is 0 Å². The second-order valence-corrected chi connectivity index (χ2v) is 7.16. The Morgan fingerprint density at radius 3 is 2.28 bits per heavy atom. The zero-order chi connectivity index (χ0) is 22.7. The third kappa shape index (κ3) is 4.07. The fourth-order valence-electron chi connectivity index (χ4n) is 3.47. The summed E-state index contributed by atoms with van der Waals surface area (Å²) in [7, 11) is 4.74. The topological polar surface area (TPSA) is 62.1 Å². The van der Waals surface area contributed by atoms with Crippen LogP contribution in [0.15, 0.2) is 71.7 Å². The first kappa shape index (κ1) is 21.2. The van der Waals surface area contributed by atoms with Crippen molar-refractivity contribution >= 4 is 22.2 Å². The molecule has 4 aromatic rings. The number of benzene rings is 3. The lowest BCUT2D eigenvalue weighted by molar-refractivity contribution is 0.344. The van der Waals surface area contributed by atoms with Crippen LogP contribution in [0, 0.1) is 6.92 Å².